The Hall–Kier alpha value is -2.08. The lowest BCUT2D eigenvalue weighted by atomic mass is 9.62. The zero-order chi connectivity index (χ0) is 23.5. The van der Waals surface area contributed by atoms with E-state index in [4.69, 9.17) is 4.98 Å². The molecule has 2 fully saturated rings. The molecular formula is C28H37N3O2S. The van der Waals surface area contributed by atoms with Gasteiger partial charge in [0.05, 0.1) is 17.0 Å². The normalized spacial score (nSPS) is 19.0. The first-order chi connectivity index (χ1) is 16.6. The molecule has 0 bridgehead atoms. The number of rotatable bonds is 6. The van der Waals surface area contributed by atoms with Crippen LogP contribution in [-0.2, 0) is 23.2 Å². The Morgan fingerprint density at radius 1 is 1.06 bits per heavy atom. The summed E-state index contributed by atoms with van der Waals surface area (Å²) in [6, 6.07) is 8.50. The molecule has 2 aliphatic carbocycles. The molecule has 1 amide bonds. The second-order valence-corrected chi connectivity index (χ2v) is 11.3. The maximum atomic E-state index is 14.2. The van der Waals surface area contributed by atoms with E-state index in [9.17, 15) is 9.59 Å². The molecule has 34 heavy (non-hydrogen) atoms. The Morgan fingerprint density at radius 2 is 1.79 bits per heavy atom. The molecule has 1 saturated carbocycles. The Morgan fingerprint density at radius 3 is 2.56 bits per heavy atom. The predicted molar refractivity (Wildman–Crippen MR) is 138 cm³/mol. The highest BCUT2D eigenvalue weighted by Crippen LogP contribution is 2.48. The number of carbonyl (C=O) groups excluding carboxylic acids is 1. The molecule has 1 aromatic carbocycles. The molecule has 1 aliphatic heterocycles. The summed E-state index contributed by atoms with van der Waals surface area (Å²) in [5.74, 6) is 0.521. The standard InChI is InChI=1S/C28H37N3O2S/c1-2-3-18-31-26(33)24-25(29-27(31)34-20-23(32)30-16-10-5-11-17-30)22-13-7-6-12-21(22)19-28(24)14-8-4-9-15-28/h6-7,12-13H,2-5,8-11,14-20H2,1H3. The summed E-state index contributed by atoms with van der Waals surface area (Å²) >= 11 is 1.46. The number of amides is 1. The molecule has 0 radical (unpaired) electrons. The van der Waals surface area contributed by atoms with Crippen molar-refractivity contribution < 1.29 is 4.79 Å². The van der Waals surface area contributed by atoms with E-state index in [1.54, 1.807) is 0 Å². The quantitative estimate of drug-likeness (QED) is 0.401. The van der Waals surface area contributed by atoms with E-state index in [1.807, 2.05) is 9.47 Å². The monoisotopic (exact) mass is 479 g/mol. The van der Waals surface area contributed by atoms with E-state index in [1.165, 1.54) is 43.0 Å². The van der Waals surface area contributed by atoms with E-state index in [0.29, 0.717) is 17.5 Å². The van der Waals surface area contributed by atoms with Crippen LogP contribution in [0.1, 0.15) is 82.3 Å². The topological polar surface area (TPSA) is 55.2 Å². The van der Waals surface area contributed by atoms with Gasteiger partial charge < -0.3 is 4.90 Å². The molecule has 1 aromatic heterocycles. The van der Waals surface area contributed by atoms with E-state index >= 15 is 0 Å². The van der Waals surface area contributed by atoms with Gasteiger partial charge in [-0.3, -0.25) is 14.2 Å². The minimum Gasteiger partial charge on any atom is -0.342 e. The number of hydrogen-bond donors (Lipinski definition) is 0. The molecule has 3 aliphatic rings. The number of unbranched alkanes of at least 4 members (excludes halogenated alkanes) is 1. The minimum atomic E-state index is -0.0905. The van der Waals surface area contributed by atoms with Crippen LogP contribution < -0.4 is 5.56 Å². The van der Waals surface area contributed by atoms with Crippen molar-refractivity contribution in [1.29, 1.82) is 0 Å². The number of benzene rings is 1. The van der Waals surface area contributed by atoms with Crippen molar-refractivity contribution in [3.05, 3.63) is 45.7 Å². The van der Waals surface area contributed by atoms with Gasteiger partial charge in [-0.2, -0.15) is 0 Å². The number of nitrogens with zero attached hydrogens (tertiary/aromatic N) is 3. The highest BCUT2D eigenvalue weighted by atomic mass is 32.2. The lowest BCUT2D eigenvalue weighted by molar-refractivity contribution is -0.129. The number of thioether (sulfide) groups is 1. The Kier molecular flexibility index (Phi) is 7.14. The maximum absolute atomic E-state index is 14.2. The van der Waals surface area contributed by atoms with Gasteiger partial charge in [0.2, 0.25) is 5.91 Å². The number of likely N-dealkylation sites (tertiary alicyclic amines) is 1. The molecule has 1 spiro atoms. The largest absolute Gasteiger partial charge is 0.342 e. The van der Waals surface area contributed by atoms with E-state index in [2.05, 4.69) is 31.2 Å². The zero-order valence-electron chi connectivity index (χ0n) is 20.5. The SMILES string of the molecule is CCCCn1c(SCC(=O)N2CCCCC2)nc2c(c1=O)C1(CCCCC1)Cc1ccccc1-2. The molecule has 5 nitrogen and oxygen atoms in total. The third kappa shape index (κ3) is 4.46. The zero-order valence-corrected chi connectivity index (χ0v) is 21.3. The van der Waals surface area contributed by atoms with Crippen LogP contribution in [-0.4, -0.2) is 39.2 Å². The number of piperidine rings is 1. The average Bonchev–Trinajstić information content (AvgIpc) is 2.87. The van der Waals surface area contributed by atoms with Gasteiger partial charge in [0.15, 0.2) is 5.16 Å². The van der Waals surface area contributed by atoms with Crippen LogP contribution in [0.4, 0.5) is 0 Å². The minimum absolute atomic E-state index is 0.0905. The molecule has 5 rings (SSSR count). The van der Waals surface area contributed by atoms with Gasteiger partial charge in [-0.05, 0) is 50.5 Å². The first-order valence-electron chi connectivity index (χ1n) is 13.3. The molecule has 0 N–H and O–H groups in total. The van der Waals surface area contributed by atoms with Gasteiger partial charge >= 0.3 is 0 Å². The van der Waals surface area contributed by atoms with Crippen molar-refractivity contribution in [2.24, 2.45) is 0 Å². The lowest BCUT2D eigenvalue weighted by Crippen LogP contribution is -2.43. The molecule has 0 atom stereocenters. The number of aromatic nitrogens is 2. The molecule has 0 unspecified atom stereocenters. The lowest BCUT2D eigenvalue weighted by Gasteiger charge is -2.42. The predicted octanol–water partition coefficient (Wildman–Crippen LogP) is 5.57. The number of fused-ring (bicyclic) bond motifs is 4. The van der Waals surface area contributed by atoms with Crippen LogP contribution in [0.25, 0.3) is 11.3 Å². The Bertz CT molecular complexity index is 1100. The van der Waals surface area contributed by atoms with E-state index < -0.39 is 0 Å². The third-order valence-corrected chi connectivity index (χ3v) is 9.01. The fourth-order valence-electron chi connectivity index (χ4n) is 6.21. The van der Waals surface area contributed by atoms with Crippen molar-refractivity contribution in [3.8, 4) is 11.3 Å². The highest BCUT2D eigenvalue weighted by molar-refractivity contribution is 7.99. The first kappa shape index (κ1) is 23.7. The summed E-state index contributed by atoms with van der Waals surface area (Å²) in [5.41, 5.74) is 4.31. The summed E-state index contributed by atoms with van der Waals surface area (Å²) in [5, 5.41) is 0.713. The summed E-state index contributed by atoms with van der Waals surface area (Å²) in [4.78, 5) is 34.3. The van der Waals surface area contributed by atoms with Gasteiger partial charge in [0.1, 0.15) is 0 Å². The van der Waals surface area contributed by atoms with Gasteiger partial charge in [0, 0.05) is 30.6 Å². The molecule has 2 heterocycles. The summed E-state index contributed by atoms with van der Waals surface area (Å²) < 4.78 is 1.90. The Balaban J connectivity index is 1.57. The molecule has 6 heteroatoms. The molecule has 1 saturated heterocycles. The van der Waals surface area contributed by atoms with Gasteiger partial charge in [-0.15, -0.1) is 0 Å². The second-order valence-electron chi connectivity index (χ2n) is 10.3. The van der Waals surface area contributed by atoms with Crippen LogP contribution in [0.2, 0.25) is 0 Å². The van der Waals surface area contributed by atoms with Gasteiger partial charge in [0.25, 0.3) is 5.56 Å². The second kappa shape index (κ2) is 10.3. The number of hydrogen-bond acceptors (Lipinski definition) is 4. The van der Waals surface area contributed by atoms with Gasteiger partial charge in [-0.1, -0.05) is 68.6 Å². The number of carbonyl (C=O) groups is 1. The van der Waals surface area contributed by atoms with Crippen LogP contribution in [0.3, 0.4) is 0 Å². The fraction of sp³-hybridized carbons (Fsp3) is 0.607. The van der Waals surface area contributed by atoms with Crippen molar-refractivity contribution in [2.45, 2.75) is 94.7 Å². The Labute approximate surface area is 207 Å². The maximum Gasteiger partial charge on any atom is 0.258 e. The van der Waals surface area contributed by atoms with Crippen LogP contribution in [0, 0.1) is 0 Å². The van der Waals surface area contributed by atoms with E-state index in [-0.39, 0.29) is 16.9 Å². The molecule has 2 aromatic rings. The van der Waals surface area contributed by atoms with Gasteiger partial charge in [-0.25, -0.2) is 4.98 Å². The smallest absolute Gasteiger partial charge is 0.258 e. The fourth-order valence-corrected chi connectivity index (χ4v) is 7.13. The van der Waals surface area contributed by atoms with Crippen LogP contribution in [0.5, 0.6) is 0 Å². The van der Waals surface area contributed by atoms with Crippen molar-refractivity contribution in [3.63, 3.8) is 0 Å². The molecular weight excluding hydrogens is 442 g/mol. The summed E-state index contributed by atoms with van der Waals surface area (Å²) in [6.07, 6.45) is 12.0. The average molecular weight is 480 g/mol. The third-order valence-electron chi connectivity index (χ3n) is 8.05. The van der Waals surface area contributed by atoms with Crippen molar-refractivity contribution >= 4 is 17.7 Å². The molecule has 182 valence electrons. The summed E-state index contributed by atoms with van der Waals surface area (Å²) in [7, 11) is 0. The van der Waals surface area contributed by atoms with Crippen molar-refractivity contribution in [2.75, 3.05) is 18.8 Å². The van der Waals surface area contributed by atoms with Crippen LogP contribution in [0.15, 0.2) is 34.2 Å². The van der Waals surface area contributed by atoms with Crippen LogP contribution >= 0.6 is 11.8 Å². The van der Waals surface area contributed by atoms with E-state index in [0.717, 1.165) is 74.9 Å². The first-order valence-corrected chi connectivity index (χ1v) is 14.3. The highest BCUT2D eigenvalue weighted by Gasteiger charge is 2.43. The van der Waals surface area contributed by atoms with Crippen molar-refractivity contribution in [1.82, 2.24) is 14.5 Å². The summed E-state index contributed by atoms with van der Waals surface area (Å²) in [6.45, 7) is 4.54.